The fourth-order valence-electron chi connectivity index (χ4n) is 0.506. The maximum absolute atomic E-state index is 10.7. The highest BCUT2D eigenvalue weighted by Crippen LogP contribution is 1.82. The smallest absolute Gasteiger partial charge is 0.325 e. The van der Waals surface area contributed by atoms with E-state index in [0.29, 0.717) is 0 Å². The minimum absolute atomic E-state index is 0.164. The van der Waals surface area contributed by atoms with Crippen molar-refractivity contribution >= 4 is 11.9 Å². The van der Waals surface area contributed by atoms with Crippen LogP contribution in [0.4, 0.5) is 0 Å². The highest BCUT2D eigenvalue weighted by Gasteiger charge is 2.12. The molecule has 0 aromatic heterocycles. The van der Waals surface area contributed by atoms with Crippen molar-refractivity contribution in [1.82, 2.24) is 5.32 Å². The number of hydrogen-bond donors (Lipinski definition) is 3. The molecule has 0 bridgehead atoms. The van der Waals surface area contributed by atoms with Gasteiger partial charge in [0.2, 0.25) is 5.91 Å². The first-order valence-corrected chi connectivity index (χ1v) is 3.30. The Morgan fingerprint density at radius 2 is 2.18 bits per heavy atom. The number of carbonyl (C=O) groups excluding carboxylic acids is 1. The maximum atomic E-state index is 10.7. The monoisotopic (exact) mass is 160 g/mol. The van der Waals surface area contributed by atoms with E-state index in [1.165, 1.54) is 6.92 Å². The van der Waals surface area contributed by atoms with Gasteiger partial charge in [0, 0.05) is 13.0 Å². The molecule has 0 unspecified atom stereocenters. The van der Waals surface area contributed by atoms with Crippen molar-refractivity contribution in [3.63, 3.8) is 0 Å². The maximum Gasteiger partial charge on any atom is 0.325 e. The Balaban J connectivity index is 3.66. The molecule has 5 heteroatoms. The predicted molar refractivity (Wildman–Crippen MR) is 38.9 cm³/mol. The topological polar surface area (TPSA) is 92.4 Å². The van der Waals surface area contributed by atoms with Crippen LogP contribution >= 0.6 is 0 Å². The van der Waals surface area contributed by atoms with E-state index in [0.717, 1.165) is 0 Å². The number of hydrogen-bond acceptors (Lipinski definition) is 3. The third kappa shape index (κ3) is 4.32. The van der Waals surface area contributed by atoms with Crippen LogP contribution in [0.3, 0.4) is 0 Å². The summed E-state index contributed by atoms with van der Waals surface area (Å²) in [6.45, 7) is 1.63. The molecule has 0 aromatic rings. The van der Waals surface area contributed by atoms with Gasteiger partial charge in [-0.25, -0.2) is 0 Å². The summed E-state index contributed by atoms with van der Waals surface area (Å²) < 4.78 is 0. The lowest BCUT2D eigenvalue weighted by Crippen LogP contribution is -2.38. The summed E-state index contributed by atoms with van der Waals surface area (Å²) in [5, 5.41) is 10.6. The van der Waals surface area contributed by atoms with Gasteiger partial charge in [0.25, 0.3) is 0 Å². The second-order valence-corrected chi connectivity index (χ2v) is 2.17. The van der Waals surface area contributed by atoms with E-state index in [1.807, 2.05) is 0 Å². The molecule has 0 heterocycles. The number of carbonyl (C=O) groups is 2. The van der Waals surface area contributed by atoms with Gasteiger partial charge in [0.1, 0.15) is 6.04 Å². The van der Waals surface area contributed by atoms with Gasteiger partial charge in [-0.3, -0.25) is 9.59 Å². The summed E-state index contributed by atoms with van der Waals surface area (Å²) in [6.07, 6.45) is 0.164. The predicted octanol–water partition coefficient (Wildman–Crippen LogP) is -1.08. The van der Waals surface area contributed by atoms with Gasteiger partial charge in [-0.2, -0.15) is 0 Å². The molecule has 0 aliphatic heterocycles. The van der Waals surface area contributed by atoms with Crippen molar-refractivity contribution in [3.8, 4) is 0 Å². The van der Waals surface area contributed by atoms with Crippen molar-refractivity contribution in [3.05, 3.63) is 0 Å². The van der Waals surface area contributed by atoms with E-state index >= 15 is 0 Å². The van der Waals surface area contributed by atoms with Crippen molar-refractivity contribution in [2.45, 2.75) is 19.4 Å². The summed E-state index contributed by atoms with van der Waals surface area (Å²) in [5.74, 6) is -1.38. The third-order valence-corrected chi connectivity index (χ3v) is 1.12. The Kier molecular flexibility index (Phi) is 4.21. The lowest BCUT2D eigenvalue weighted by atomic mass is 10.3. The van der Waals surface area contributed by atoms with Crippen LogP contribution in [0.1, 0.15) is 13.3 Å². The molecule has 0 fully saturated rings. The zero-order chi connectivity index (χ0) is 8.85. The molecular weight excluding hydrogens is 148 g/mol. The lowest BCUT2D eigenvalue weighted by molar-refractivity contribution is -0.141. The van der Waals surface area contributed by atoms with Gasteiger partial charge in [-0.05, 0) is 6.92 Å². The zero-order valence-electron chi connectivity index (χ0n) is 6.33. The number of nitrogens with two attached hydrogens (primary N) is 1. The average molecular weight is 160 g/mol. The highest BCUT2D eigenvalue weighted by molar-refractivity contribution is 5.83. The Bertz CT molecular complexity index is 158. The Hall–Kier alpha value is -1.10. The number of rotatable bonds is 4. The molecule has 5 nitrogen and oxygen atoms in total. The third-order valence-electron chi connectivity index (χ3n) is 1.12. The van der Waals surface area contributed by atoms with Crippen LogP contribution < -0.4 is 11.1 Å². The fourth-order valence-corrected chi connectivity index (χ4v) is 0.506. The van der Waals surface area contributed by atoms with Crippen molar-refractivity contribution in [2.75, 3.05) is 6.54 Å². The van der Waals surface area contributed by atoms with Gasteiger partial charge in [-0.1, -0.05) is 0 Å². The van der Waals surface area contributed by atoms with Crippen molar-refractivity contribution < 1.29 is 14.7 Å². The molecular formula is C6H12N2O3. The minimum atomic E-state index is -1.05. The van der Waals surface area contributed by atoms with Crippen LogP contribution in [0.5, 0.6) is 0 Å². The van der Waals surface area contributed by atoms with E-state index < -0.39 is 12.0 Å². The lowest BCUT2D eigenvalue weighted by Gasteiger charge is -2.07. The first kappa shape index (κ1) is 9.90. The van der Waals surface area contributed by atoms with Crippen LogP contribution in [-0.2, 0) is 9.59 Å². The van der Waals surface area contributed by atoms with Gasteiger partial charge in [-0.15, -0.1) is 0 Å². The molecule has 0 radical (unpaired) electrons. The van der Waals surface area contributed by atoms with Crippen LogP contribution in [0, 0.1) is 0 Å². The van der Waals surface area contributed by atoms with E-state index in [-0.39, 0.29) is 18.9 Å². The molecule has 0 spiro atoms. The summed E-state index contributed by atoms with van der Waals surface area (Å²) >= 11 is 0. The van der Waals surface area contributed by atoms with Gasteiger partial charge in [0.05, 0.1) is 0 Å². The standard InChI is InChI=1S/C6H12N2O3/c1-4(6(10)11)8-5(9)2-3-7/h4H,2-3,7H2,1H3,(H,8,9)(H,10,11)/t4-/m1/s1. The van der Waals surface area contributed by atoms with Crippen LogP contribution in [-0.4, -0.2) is 29.6 Å². The van der Waals surface area contributed by atoms with E-state index in [1.54, 1.807) is 0 Å². The largest absolute Gasteiger partial charge is 0.480 e. The molecule has 11 heavy (non-hydrogen) atoms. The molecule has 0 rings (SSSR count). The van der Waals surface area contributed by atoms with Crippen molar-refractivity contribution in [1.29, 1.82) is 0 Å². The van der Waals surface area contributed by atoms with Gasteiger partial charge >= 0.3 is 5.97 Å². The molecule has 0 saturated heterocycles. The second-order valence-electron chi connectivity index (χ2n) is 2.17. The van der Waals surface area contributed by atoms with Crippen LogP contribution in [0.15, 0.2) is 0 Å². The molecule has 0 aromatic carbocycles. The van der Waals surface area contributed by atoms with Gasteiger partial charge in [0.15, 0.2) is 0 Å². The summed E-state index contributed by atoms with van der Waals surface area (Å²) in [6, 6.07) is -0.839. The average Bonchev–Trinajstić information content (AvgIpc) is 1.87. The summed E-state index contributed by atoms with van der Waals surface area (Å²) in [7, 11) is 0. The fraction of sp³-hybridized carbons (Fsp3) is 0.667. The number of carboxylic acid groups (broad SMARTS) is 1. The quantitative estimate of drug-likeness (QED) is 0.488. The molecule has 1 atom stereocenters. The number of nitrogens with one attached hydrogen (secondary N) is 1. The number of carboxylic acids is 1. The number of aliphatic carboxylic acids is 1. The van der Waals surface area contributed by atoms with Gasteiger partial charge < -0.3 is 16.2 Å². The molecule has 0 aliphatic rings. The molecule has 64 valence electrons. The van der Waals surface area contributed by atoms with Crippen molar-refractivity contribution in [2.24, 2.45) is 5.73 Å². The van der Waals surface area contributed by atoms with E-state index in [2.05, 4.69) is 5.32 Å². The normalized spacial score (nSPS) is 12.2. The highest BCUT2D eigenvalue weighted by atomic mass is 16.4. The molecule has 0 aliphatic carbocycles. The first-order chi connectivity index (χ1) is 5.07. The Morgan fingerprint density at radius 1 is 1.64 bits per heavy atom. The molecule has 1 amide bonds. The molecule has 4 N–H and O–H groups in total. The molecule has 0 saturated carbocycles. The Labute approximate surface area is 64.6 Å². The second kappa shape index (κ2) is 4.68. The summed E-state index contributed by atoms with van der Waals surface area (Å²) in [4.78, 5) is 20.9. The van der Waals surface area contributed by atoms with Crippen LogP contribution in [0.25, 0.3) is 0 Å². The number of amides is 1. The van der Waals surface area contributed by atoms with Crippen LogP contribution in [0.2, 0.25) is 0 Å². The zero-order valence-corrected chi connectivity index (χ0v) is 6.33. The minimum Gasteiger partial charge on any atom is -0.480 e. The Morgan fingerprint density at radius 3 is 2.55 bits per heavy atom. The first-order valence-electron chi connectivity index (χ1n) is 3.30. The SMILES string of the molecule is C[C@@H](NC(=O)CCN)C(=O)O. The summed E-state index contributed by atoms with van der Waals surface area (Å²) in [5.41, 5.74) is 5.07. The van der Waals surface area contributed by atoms with E-state index in [9.17, 15) is 9.59 Å². The van der Waals surface area contributed by atoms with E-state index in [4.69, 9.17) is 10.8 Å².